The predicted molar refractivity (Wildman–Crippen MR) is 72.2 cm³/mol. The second-order valence-corrected chi connectivity index (χ2v) is 3.98. The summed E-state index contributed by atoms with van der Waals surface area (Å²) in [5, 5.41) is 3.96. The first-order valence-corrected chi connectivity index (χ1v) is 5.68. The molecule has 0 fully saturated rings. The van der Waals surface area contributed by atoms with Gasteiger partial charge in [-0.1, -0.05) is 36.4 Å². The van der Waals surface area contributed by atoms with Gasteiger partial charge in [0, 0.05) is 11.1 Å². The molecule has 0 bridgehead atoms. The second-order valence-electron chi connectivity index (χ2n) is 3.98. The molecule has 1 heterocycles. The summed E-state index contributed by atoms with van der Waals surface area (Å²) in [5.41, 5.74) is 1.54. The average Bonchev–Trinajstić information content (AvgIpc) is 2.41. The van der Waals surface area contributed by atoms with Crippen LogP contribution in [0.4, 0.5) is 11.4 Å². The minimum Gasteiger partial charge on any atom is -0.421 e. The Kier molecular flexibility index (Phi) is 2.57. The van der Waals surface area contributed by atoms with Crippen molar-refractivity contribution in [3.05, 3.63) is 71.1 Å². The van der Waals surface area contributed by atoms with E-state index in [-0.39, 0.29) is 5.63 Å². The molecule has 0 radical (unpaired) electrons. The Balaban J connectivity index is 2.07. The van der Waals surface area contributed by atoms with Crippen molar-refractivity contribution in [2.75, 3.05) is 5.32 Å². The van der Waals surface area contributed by atoms with Gasteiger partial charge in [0.2, 0.25) is 0 Å². The molecule has 3 nitrogen and oxygen atoms in total. The highest BCUT2D eigenvalue weighted by atomic mass is 16.4. The SMILES string of the molecule is O=c1oc2ccccc2cc1Nc1ccccc1. The number of anilines is 2. The lowest BCUT2D eigenvalue weighted by molar-refractivity contribution is 0.564. The van der Waals surface area contributed by atoms with Crippen LogP contribution in [0.15, 0.2) is 69.9 Å². The fourth-order valence-electron chi connectivity index (χ4n) is 1.83. The molecule has 0 spiro atoms. The monoisotopic (exact) mass is 237 g/mol. The van der Waals surface area contributed by atoms with Gasteiger partial charge in [0.1, 0.15) is 11.3 Å². The first-order valence-electron chi connectivity index (χ1n) is 5.68. The molecule has 0 amide bonds. The van der Waals surface area contributed by atoms with Gasteiger partial charge in [-0.05, 0) is 24.3 Å². The summed E-state index contributed by atoms with van der Waals surface area (Å²) < 4.78 is 5.25. The number of hydrogen-bond donors (Lipinski definition) is 1. The van der Waals surface area contributed by atoms with Gasteiger partial charge >= 0.3 is 5.63 Å². The van der Waals surface area contributed by atoms with E-state index < -0.39 is 0 Å². The van der Waals surface area contributed by atoms with Crippen LogP contribution in [-0.2, 0) is 0 Å². The van der Waals surface area contributed by atoms with Gasteiger partial charge in [-0.3, -0.25) is 0 Å². The molecule has 0 saturated carbocycles. The Labute approximate surface area is 104 Å². The third-order valence-corrected chi connectivity index (χ3v) is 2.69. The van der Waals surface area contributed by atoms with Crippen LogP contribution in [0.25, 0.3) is 11.0 Å². The molecule has 3 heteroatoms. The first-order chi connectivity index (χ1) is 8.83. The molecule has 88 valence electrons. The van der Waals surface area contributed by atoms with E-state index in [0.717, 1.165) is 11.1 Å². The quantitative estimate of drug-likeness (QED) is 0.693. The van der Waals surface area contributed by atoms with Crippen molar-refractivity contribution in [1.82, 2.24) is 0 Å². The van der Waals surface area contributed by atoms with Crippen molar-refractivity contribution in [2.24, 2.45) is 0 Å². The van der Waals surface area contributed by atoms with E-state index in [9.17, 15) is 4.79 Å². The van der Waals surface area contributed by atoms with Gasteiger partial charge in [-0.2, -0.15) is 0 Å². The Bertz CT molecular complexity index is 732. The van der Waals surface area contributed by atoms with Crippen molar-refractivity contribution in [2.45, 2.75) is 0 Å². The minimum atomic E-state index is -0.363. The lowest BCUT2D eigenvalue weighted by Gasteiger charge is -2.05. The van der Waals surface area contributed by atoms with E-state index in [2.05, 4.69) is 5.32 Å². The molecule has 0 atom stereocenters. The highest BCUT2D eigenvalue weighted by molar-refractivity contribution is 5.80. The van der Waals surface area contributed by atoms with Crippen LogP contribution in [0.3, 0.4) is 0 Å². The Morgan fingerprint density at radius 2 is 1.61 bits per heavy atom. The highest BCUT2D eigenvalue weighted by Gasteiger charge is 2.04. The van der Waals surface area contributed by atoms with E-state index in [1.807, 2.05) is 48.5 Å². The van der Waals surface area contributed by atoms with Gasteiger partial charge < -0.3 is 9.73 Å². The molecule has 1 aromatic heterocycles. The maximum absolute atomic E-state index is 11.8. The van der Waals surface area contributed by atoms with E-state index in [1.165, 1.54) is 0 Å². The van der Waals surface area contributed by atoms with Crippen molar-refractivity contribution in [1.29, 1.82) is 0 Å². The molecular formula is C15H11NO2. The van der Waals surface area contributed by atoms with Crippen LogP contribution in [0.2, 0.25) is 0 Å². The van der Waals surface area contributed by atoms with Gasteiger partial charge in [0.25, 0.3) is 0 Å². The number of fused-ring (bicyclic) bond motifs is 1. The van der Waals surface area contributed by atoms with Gasteiger partial charge in [-0.15, -0.1) is 0 Å². The molecule has 3 aromatic rings. The third kappa shape index (κ3) is 1.98. The van der Waals surface area contributed by atoms with Crippen molar-refractivity contribution in [3.8, 4) is 0 Å². The van der Waals surface area contributed by atoms with Crippen LogP contribution >= 0.6 is 0 Å². The zero-order valence-electron chi connectivity index (χ0n) is 9.59. The minimum absolute atomic E-state index is 0.363. The number of rotatable bonds is 2. The van der Waals surface area contributed by atoms with Crippen LogP contribution in [0.5, 0.6) is 0 Å². The molecular weight excluding hydrogens is 226 g/mol. The molecule has 2 aromatic carbocycles. The Morgan fingerprint density at radius 1 is 0.889 bits per heavy atom. The Morgan fingerprint density at radius 3 is 2.44 bits per heavy atom. The summed E-state index contributed by atoms with van der Waals surface area (Å²) in [6.07, 6.45) is 0. The fraction of sp³-hybridized carbons (Fsp3) is 0. The summed E-state index contributed by atoms with van der Waals surface area (Å²) >= 11 is 0. The molecule has 0 aliphatic heterocycles. The molecule has 0 unspecified atom stereocenters. The number of hydrogen-bond acceptors (Lipinski definition) is 3. The molecule has 0 saturated heterocycles. The summed E-state index contributed by atoms with van der Waals surface area (Å²) in [6.45, 7) is 0. The van der Waals surface area contributed by atoms with E-state index in [1.54, 1.807) is 12.1 Å². The predicted octanol–water partition coefficient (Wildman–Crippen LogP) is 3.54. The summed E-state index contributed by atoms with van der Waals surface area (Å²) in [5.74, 6) is 0. The van der Waals surface area contributed by atoms with Crippen molar-refractivity contribution in [3.63, 3.8) is 0 Å². The van der Waals surface area contributed by atoms with Crippen LogP contribution in [0, 0.1) is 0 Å². The van der Waals surface area contributed by atoms with Crippen LogP contribution in [0.1, 0.15) is 0 Å². The highest BCUT2D eigenvalue weighted by Crippen LogP contribution is 2.18. The van der Waals surface area contributed by atoms with Crippen molar-refractivity contribution < 1.29 is 4.42 Å². The zero-order valence-corrected chi connectivity index (χ0v) is 9.59. The smallest absolute Gasteiger partial charge is 0.360 e. The van der Waals surface area contributed by atoms with Gasteiger partial charge in [-0.25, -0.2) is 4.79 Å². The largest absolute Gasteiger partial charge is 0.421 e. The second kappa shape index (κ2) is 4.37. The molecule has 0 aliphatic rings. The van der Waals surface area contributed by atoms with Crippen LogP contribution < -0.4 is 10.9 Å². The van der Waals surface area contributed by atoms with E-state index in [4.69, 9.17) is 4.42 Å². The number of nitrogens with one attached hydrogen (secondary N) is 1. The maximum Gasteiger partial charge on any atom is 0.360 e. The van der Waals surface area contributed by atoms with Gasteiger partial charge in [0.05, 0.1) is 0 Å². The zero-order chi connectivity index (χ0) is 12.4. The standard InChI is InChI=1S/C15H11NO2/c17-15-13(16-12-7-2-1-3-8-12)10-11-6-4-5-9-14(11)18-15/h1-10,16H. The molecule has 1 N–H and O–H groups in total. The van der Waals surface area contributed by atoms with E-state index in [0.29, 0.717) is 11.3 Å². The van der Waals surface area contributed by atoms with Crippen molar-refractivity contribution >= 4 is 22.3 Å². The first kappa shape index (κ1) is 10.6. The molecule has 18 heavy (non-hydrogen) atoms. The summed E-state index contributed by atoms with van der Waals surface area (Å²) in [7, 11) is 0. The number of para-hydroxylation sites is 2. The van der Waals surface area contributed by atoms with E-state index >= 15 is 0 Å². The van der Waals surface area contributed by atoms with Crippen LogP contribution in [-0.4, -0.2) is 0 Å². The number of benzene rings is 2. The molecule has 0 aliphatic carbocycles. The third-order valence-electron chi connectivity index (χ3n) is 2.69. The maximum atomic E-state index is 11.8. The normalized spacial score (nSPS) is 10.4. The lowest BCUT2D eigenvalue weighted by atomic mass is 10.2. The average molecular weight is 237 g/mol. The summed E-state index contributed by atoms with van der Waals surface area (Å²) in [4.78, 5) is 11.8. The van der Waals surface area contributed by atoms with Gasteiger partial charge in [0.15, 0.2) is 0 Å². The summed E-state index contributed by atoms with van der Waals surface area (Å²) in [6, 6.07) is 18.8. The lowest BCUT2D eigenvalue weighted by Crippen LogP contribution is -2.06. The molecule has 3 rings (SSSR count). The Hall–Kier alpha value is -2.55. The fourth-order valence-corrected chi connectivity index (χ4v) is 1.83. The topological polar surface area (TPSA) is 42.2 Å².